The Morgan fingerprint density at radius 3 is 2.30 bits per heavy atom. The van der Waals surface area contributed by atoms with E-state index in [1.807, 2.05) is 47.0 Å². The van der Waals surface area contributed by atoms with Gasteiger partial charge in [0.25, 0.3) is 0 Å². The summed E-state index contributed by atoms with van der Waals surface area (Å²) in [6, 6.07) is 18.3. The third-order valence-electron chi connectivity index (χ3n) is 4.93. The number of rotatable bonds is 6. The van der Waals surface area contributed by atoms with Gasteiger partial charge in [-0.05, 0) is 48.5 Å². The molecule has 3 aromatic heterocycles. The van der Waals surface area contributed by atoms with E-state index in [0.717, 1.165) is 16.8 Å². The number of halogens is 3. The average molecular weight is 498 g/mol. The van der Waals surface area contributed by atoms with Gasteiger partial charge in [-0.2, -0.15) is 0 Å². The quantitative estimate of drug-likeness (QED) is 0.263. The van der Waals surface area contributed by atoms with Crippen molar-refractivity contribution >= 4 is 34.8 Å². The molecule has 0 saturated heterocycles. The maximum Gasteiger partial charge on any atom is 0.247 e. The third-order valence-corrected chi connectivity index (χ3v) is 5.72. The van der Waals surface area contributed by atoms with Crippen molar-refractivity contribution in [3.8, 4) is 28.5 Å². The number of nitrogens with zero attached hydrogens (tertiary/aromatic N) is 6. The Kier molecular flexibility index (Phi) is 6.09. The summed E-state index contributed by atoms with van der Waals surface area (Å²) in [5.41, 5.74) is 2.33. The van der Waals surface area contributed by atoms with Crippen LogP contribution in [0.3, 0.4) is 0 Å². The van der Waals surface area contributed by atoms with Crippen LogP contribution in [0.4, 0.5) is 0 Å². The molecule has 7 nitrogen and oxygen atoms in total. The predicted octanol–water partition coefficient (Wildman–Crippen LogP) is 6.12. The molecule has 0 radical (unpaired) electrons. The summed E-state index contributed by atoms with van der Waals surface area (Å²) in [7, 11) is 0. The van der Waals surface area contributed by atoms with E-state index in [2.05, 4.69) is 25.4 Å². The van der Waals surface area contributed by atoms with E-state index in [1.54, 1.807) is 24.4 Å². The van der Waals surface area contributed by atoms with Crippen LogP contribution in [-0.2, 0) is 12.8 Å². The highest BCUT2D eigenvalue weighted by Gasteiger charge is 2.19. The first-order chi connectivity index (χ1) is 16.1. The van der Waals surface area contributed by atoms with Gasteiger partial charge in [0, 0.05) is 35.2 Å². The SMILES string of the molecule is Clc1ccc(-c2nnc(CCc3nnc(-c4ccc(Cl)nc4)n3-c3ccccc3Cl)o2)cc1. The zero-order chi connectivity index (χ0) is 22.8. The van der Waals surface area contributed by atoms with Gasteiger partial charge in [-0.3, -0.25) is 4.57 Å². The highest BCUT2D eigenvalue weighted by Crippen LogP contribution is 2.28. The maximum absolute atomic E-state index is 6.51. The second-order valence-corrected chi connectivity index (χ2v) is 8.33. The summed E-state index contributed by atoms with van der Waals surface area (Å²) in [5, 5.41) is 18.7. The first-order valence-electron chi connectivity index (χ1n) is 9.98. The Morgan fingerprint density at radius 2 is 1.55 bits per heavy atom. The minimum Gasteiger partial charge on any atom is -0.421 e. The molecule has 0 aliphatic carbocycles. The fraction of sp³-hybridized carbons (Fsp3) is 0.0870. The molecule has 164 valence electrons. The van der Waals surface area contributed by atoms with Gasteiger partial charge in [0.1, 0.15) is 11.0 Å². The number of aryl methyl sites for hydroxylation is 2. The first-order valence-corrected chi connectivity index (χ1v) is 11.1. The second kappa shape index (κ2) is 9.31. The van der Waals surface area contributed by atoms with Crippen LogP contribution >= 0.6 is 34.8 Å². The molecule has 0 fully saturated rings. The van der Waals surface area contributed by atoms with Gasteiger partial charge in [0.2, 0.25) is 11.8 Å². The van der Waals surface area contributed by atoms with Crippen LogP contribution in [0.1, 0.15) is 11.7 Å². The van der Waals surface area contributed by atoms with Crippen LogP contribution in [0.25, 0.3) is 28.5 Å². The van der Waals surface area contributed by atoms with Crippen LogP contribution < -0.4 is 0 Å². The summed E-state index contributed by atoms with van der Waals surface area (Å²) >= 11 is 18.4. The average Bonchev–Trinajstić information content (AvgIpc) is 3.46. The molecule has 5 aromatic rings. The molecule has 0 aliphatic heterocycles. The Balaban J connectivity index is 1.46. The molecular formula is C23H15Cl3N6O. The van der Waals surface area contributed by atoms with Crippen LogP contribution in [0.15, 0.2) is 71.3 Å². The summed E-state index contributed by atoms with van der Waals surface area (Å²) in [4.78, 5) is 4.16. The molecule has 0 bridgehead atoms. The Hall–Kier alpha value is -3.26. The van der Waals surface area contributed by atoms with Crippen molar-refractivity contribution < 1.29 is 4.42 Å². The minimum atomic E-state index is 0.399. The highest BCUT2D eigenvalue weighted by atomic mass is 35.5. The number of hydrogen-bond acceptors (Lipinski definition) is 6. The Bertz CT molecular complexity index is 1400. The van der Waals surface area contributed by atoms with Crippen molar-refractivity contribution in [2.75, 3.05) is 0 Å². The molecule has 33 heavy (non-hydrogen) atoms. The molecule has 0 amide bonds. The van der Waals surface area contributed by atoms with Crippen LogP contribution in [-0.4, -0.2) is 29.9 Å². The zero-order valence-electron chi connectivity index (χ0n) is 17.0. The summed E-state index contributed by atoms with van der Waals surface area (Å²) in [6.45, 7) is 0. The highest BCUT2D eigenvalue weighted by molar-refractivity contribution is 6.32. The van der Waals surface area contributed by atoms with E-state index in [-0.39, 0.29) is 0 Å². The topological polar surface area (TPSA) is 82.5 Å². The molecule has 2 aromatic carbocycles. The van der Waals surface area contributed by atoms with Gasteiger partial charge in [0.05, 0.1) is 10.7 Å². The molecule has 0 N–H and O–H groups in total. The van der Waals surface area contributed by atoms with E-state index < -0.39 is 0 Å². The lowest BCUT2D eigenvalue weighted by Crippen LogP contribution is -2.06. The maximum atomic E-state index is 6.51. The summed E-state index contributed by atoms with van der Waals surface area (Å²) in [6.07, 6.45) is 2.63. The van der Waals surface area contributed by atoms with Gasteiger partial charge in [-0.1, -0.05) is 46.9 Å². The van der Waals surface area contributed by atoms with Crippen molar-refractivity contribution in [3.63, 3.8) is 0 Å². The summed E-state index contributed by atoms with van der Waals surface area (Å²) < 4.78 is 7.74. The minimum absolute atomic E-state index is 0.399. The van der Waals surface area contributed by atoms with Crippen molar-refractivity contribution in [3.05, 3.63) is 93.8 Å². The number of hydrogen-bond donors (Lipinski definition) is 0. The summed E-state index contributed by atoms with van der Waals surface area (Å²) in [5.74, 6) is 2.22. The van der Waals surface area contributed by atoms with Crippen molar-refractivity contribution in [2.45, 2.75) is 12.8 Å². The van der Waals surface area contributed by atoms with Crippen LogP contribution in [0, 0.1) is 0 Å². The molecule has 0 saturated carbocycles. The molecule has 0 aliphatic rings. The van der Waals surface area contributed by atoms with Crippen molar-refractivity contribution in [2.24, 2.45) is 0 Å². The fourth-order valence-corrected chi connectivity index (χ4v) is 3.80. The van der Waals surface area contributed by atoms with E-state index in [0.29, 0.717) is 51.5 Å². The first kappa shape index (κ1) is 21.6. The smallest absolute Gasteiger partial charge is 0.247 e. The Morgan fingerprint density at radius 1 is 0.758 bits per heavy atom. The van der Waals surface area contributed by atoms with Crippen molar-refractivity contribution in [1.82, 2.24) is 29.9 Å². The largest absolute Gasteiger partial charge is 0.421 e. The Labute approximate surface area is 204 Å². The molecule has 0 atom stereocenters. The number of aromatic nitrogens is 6. The second-order valence-electron chi connectivity index (χ2n) is 7.10. The lowest BCUT2D eigenvalue weighted by Gasteiger charge is -2.12. The van der Waals surface area contributed by atoms with Gasteiger partial charge < -0.3 is 4.42 Å². The standard InChI is InChI=1S/C23H15Cl3N6O/c24-16-8-5-14(6-9-16)23-31-29-21(33-23)12-11-20-28-30-22(15-7-10-19(26)27-13-15)32(20)18-4-2-1-3-17(18)25/h1-10,13H,11-12H2. The molecule has 0 spiro atoms. The predicted molar refractivity (Wildman–Crippen MR) is 127 cm³/mol. The van der Waals surface area contributed by atoms with Crippen LogP contribution in [0.2, 0.25) is 15.2 Å². The van der Waals surface area contributed by atoms with E-state index in [1.165, 1.54) is 0 Å². The van der Waals surface area contributed by atoms with E-state index in [4.69, 9.17) is 39.2 Å². The zero-order valence-corrected chi connectivity index (χ0v) is 19.3. The third kappa shape index (κ3) is 4.61. The molecule has 3 heterocycles. The molecular weight excluding hydrogens is 483 g/mol. The van der Waals surface area contributed by atoms with Crippen molar-refractivity contribution in [1.29, 1.82) is 0 Å². The molecule has 5 rings (SSSR count). The lowest BCUT2D eigenvalue weighted by molar-refractivity contribution is 0.501. The number of pyridine rings is 1. The van der Waals surface area contributed by atoms with Gasteiger partial charge in [-0.25, -0.2) is 4.98 Å². The lowest BCUT2D eigenvalue weighted by atomic mass is 10.2. The van der Waals surface area contributed by atoms with E-state index in [9.17, 15) is 0 Å². The van der Waals surface area contributed by atoms with Gasteiger partial charge >= 0.3 is 0 Å². The fourth-order valence-electron chi connectivity index (χ4n) is 3.34. The van der Waals surface area contributed by atoms with Gasteiger partial charge in [-0.15, -0.1) is 20.4 Å². The number of para-hydroxylation sites is 1. The van der Waals surface area contributed by atoms with Crippen LogP contribution in [0.5, 0.6) is 0 Å². The number of benzene rings is 2. The normalized spacial score (nSPS) is 11.1. The molecule has 10 heteroatoms. The van der Waals surface area contributed by atoms with E-state index >= 15 is 0 Å². The van der Waals surface area contributed by atoms with Gasteiger partial charge in [0.15, 0.2) is 5.82 Å². The molecule has 0 unspecified atom stereocenters. The monoisotopic (exact) mass is 496 g/mol.